The molecule has 2 unspecified atom stereocenters. The van der Waals surface area contributed by atoms with Gasteiger partial charge in [0.25, 0.3) is 0 Å². The van der Waals surface area contributed by atoms with Crippen LogP contribution in [0.15, 0.2) is 60.7 Å². The van der Waals surface area contributed by atoms with Crippen LogP contribution < -0.4 is 5.32 Å². The maximum atomic E-state index is 10.1. The van der Waals surface area contributed by atoms with E-state index in [1.165, 1.54) is 5.56 Å². The number of nitrogens with one attached hydrogen (secondary N) is 1. The molecule has 0 saturated carbocycles. The fraction of sp³-hybridized carbons (Fsp3) is 0.333. The highest BCUT2D eigenvalue weighted by Gasteiger charge is 2.08. The van der Waals surface area contributed by atoms with Gasteiger partial charge in [-0.3, -0.25) is 0 Å². The Kier molecular flexibility index (Phi) is 5.78. The normalized spacial score (nSPS) is 13.9. The van der Waals surface area contributed by atoms with Crippen LogP contribution in [0, 0.1) is 0 Å². The minimum atomic E-state index is -0.382. The van der Waals surface area contributed by atoms with E-state index in [1.54, 1.807) is 0 Å². The van der Waals surface area contributed by atoms with Crippen LogP contribution in [0.1, 0.15) is 30.6 Å². The van der Waals surface area contributed by atoms with Crippen molar-refractivity contribution < 1.29 is 5.11 Å². The molecule has 0 radical (unpaired) electrons. The van der Waals surface area contributed by atoms with E-state index in [2.05, 4.69) is 36.5 Å². The van der Waals surface area contributed by atoms with Crippen LogP contribution >= 0.6 is 0 Å². The molecule has 2 N–H and O–H groups in total. The van der Waals surface area contributed by atoms with Crippen molar-refractivity contribution >= 4 is 0 Å². The van der Waals surface area contributed by atoms with Gasteiger partial charge in [-0.2, -0.15) is 0 Å². The Bertz CT molecular complexity index is 483. The number of benzene rings is 2. The second kappa shape index (κ2) is 7.83. The van der Waals surface area contributed by atoms with E-state index < -0.39 is 0 Å². The molecule has 0 saturated heterocycles. The van der Waals surface area contributed by atoms with Crippen molar-refractivity contribution in [2.75, 3.05) is 6.54 Å². The lowest BCUT2D eigenvalue weighted by Gasteiger charge is -2.16. The molecule has 0 spiro atoms. The van der Waals surface area contributed by atoms with Crippen molar-refractivity contribution in [3.63, 3.8) is 0 Å². The van der Waals surface area contributed by atoms with E-state index in [4.69, 9.17) is 0 Å². The van der Waals surface area contributed by atoms with Crippen LogP contribution in [0.3, 0.4) is 0 Å². The molecule has 0 aliphatic carbocycles. The molecule has 20 heavy (non-hydrogen) atoms. The molecule has 106 valence electrons. The second-order valence-corrected chi connectivity index (χ2v) is 5.26. The third-order valence-corrected chi connectivity index (χ3v) is 3.48. The van der Waals surface area contributed by atoms with E-state index in [9.17, 15) is 5.11 Å². The highest BCUT2D eigenvalue weighted by Crippen LogP contribution is 2.15. The molecule has 0 bridgehead atoms. The highest BCUT2D eigenvalue weighted by molar-refractivity contribution is 5.17. The first kappa shape index (κ1) is 14.8. The van der Waals surface area contributed by atoms with Crippen LogP contribution in [0.25, 0.3) is 0 Å². The fourth-order valence-corrected chi connectivity index (χ4v) is 2.35. The van der Waals surface area contributed by atoms with Gasteiger partial charge in [-0.25, -0.2) is 0 Å². The van der Waals surface area contributed by atoms with Crippen molar-refractivity contribution in [2.45, 2.75) is 31.9 Å². The standard InChI is InChI=1S/C18H23NO/c1-15(14-16-8-4-2-5-9-16)19-13-12-18(20)17-10-6-3-7-11-17/h2-11,15,18-20H,12-14H2,1H3. The number of rotatable bonds is 7. The molecule has 2 nitrogen and oxygen atoms in total. The first-order chi connectivity index (χ1) is 9.75. The number of aliphatic hydroxyl groups excluding tert-OH is 1. The van der Waals surface area contributed by atoms with Crippen LogP contribution in [-0.2, 0) is 6.42 Å². The summed E-state index contributed by atoms with van der Waals surface area (Å²) in [5.74, 6) is 0. The van der Waals surface area contributed by atoms with Gasteiger partial charge in [-0.15, -0.1) is 0 Å². The van der Waals surface area contributed by atoms with E-state index in [-0.39, 0.29) is 6.10 Å². The summed E-state index contributed by atoms with van der Waals surface area (Å²) in [4.78, 5) is 0. The van der Waals surface area contributed by atoms with Crippen molar-refractivity contribution in [3.05, 3.63) is 71.8 Å². The summed E-state index contributed by atoms with van der Waals surface area (Å²) in [6.07, 6.45) is 1.37. The summed E-state index contributed by atoms with van der Waals surface area (Å²) in [6.45, 7) is 3.01. The third kappa shape index (κ3) is 4.80. The van der Waals surface area contributed by atoms with Crippen LogP contribution in [0.4, 0.5) is 0 Å². The molecular weight excluding hydrogens is 246 g/mol. The summed E-state index contributed by atoms with van der Waals surface area (Å²) in [6, 6.07) is 20.7. The molecule has 2 aromatic rings. The van der Waals surface area contributed by atoms with E-state index in [0.717, 1.165) is 24.9 Å². The quantitative estimate of drug-likeness (QED) is 0.808. The smallest absolute Gasteiger partial charge is 0.0802 e. The lowest BCUT2D eigenvalue weighted by molar-refractivity contribution is 0.165. The van der Waals surface area contributed by atoms with E-state index >= 15 is 0 Å². The van der Waals surface area contributed by atoms with Gasteiger partial charge in [0.15, 0.2) is 0 Å². The summed E-state index contributed by atoms with van der Waals surface area (Å²) in [7, 11) is 0. The largest absolute Gasteiger partial charge is 0.388 e. The van der Waals surface area contributed by atoms with Gasteiger partial charge in [0.1, 0.15) is 0 Å². The van der Waals surface area contributed by atoms with Crippen LogP contribution in [0.2, 0.25) is 0 Å². The zero-order valence-electron chi connectivity index (χ0n) is 12.0. The zero-order chi connectivity index (χ0) is 14.2. The summed E-state index contributed by atoms with van der Waals surface area (Å²) >= 11 is 0. The first-order valence-corrected chi connectivity index (χ1v) is 7.26. The van der Waals surface area contributed by atoms with Gasteiger partial charge >= 0.3 is 0 Å². The average molecular weight is 269 g/mol. The molecule has 0 aliphatic rings. The summed E-state index contributed by atoms with van der Waals surface area (Å²) in [5, 5.41) is 13.6. The maximum Gasteiger partial charge on any atom is 0.0802 e. The summed E-state index contributed by atoms with van der Waals surface area (Å²) in [5.41, 5.74) is 2.33. The molecule has 0 aliphatic heterocycles. The minimum Gasteiger partial charge on any atom is -0.388 e. The number of aliphatic hydroxyl groups is 1. The average Bonchev–Trinajstić information content (AvgIpc) is 2.49. The number of hydrogen-bond donors (Lipinski definition) is 2. The highest BCUT2D eigenvalue weighted by atomic mass is 16.3. The zero-order valence-corrected chi connectivity index (χ0v) is 12.0. The van der Waals surface area contributed by atoms with Crippen molar-refractivity contribution in [3.8, 4) is 0 Å². The predicted molar refractivity (Wildman–Crippen MR) is 83.6 cm³/mol. The Balaban J connectivity index is 1.70. The van der Waals surface area contributed by atoms with E-state index in [0.29, 0.717) is 6.04 Å². The molecule has 0 amide bonds. The van der Waals surface area contributed by atoms with Gasteiger partial charge in [0.05, 0.1) is 6.10 Å². The molecule has 0 aromatic heterocycles. The first-order valence-electron chi connectivity index (χ1n) is 7.26. The Morgan fingerprint density at radius 2 is 1.55 bits per heavy atom. The van der Waals surface area contributed by atoms with Gasteiger partial charge < -0.3 is 10.4 Å². The topological polar surface area (TPSA) is 32.3 Å². The monoisotopic (exact) mass is 269 g/mol. The van der Waals surface area contributed by atoms with Gasteiger partial charge in [-0.05, 0) is 37.4 Å². The predicted octanol–water partition coefficient (Wildman–Crippen LogP) is 3.33. The second-order valence-electron chi connectivity index (χ2n) is 5.26. The van der Waals surface area contributed by atoms with Gasteiger partial charge in [0, 0.05) is 6.04 Å². The third-order valence-electron chi connectivity index (χ3n) is 3.48. The van der Waals surface area contributed by atoms with Crippen LogP contribution in [0.5, 0.6) is 0 Å². The molecular formula is C18H23NO. The molecule has 0 fully saturated rings. The lowest BCUT2D eigenvalue weighted by atomic mass is 10.1. The van der Waals surface area contributed by atoms with Gasteiger partial charge in [0.2, 0.25) is 0 Å². The van der Waals surface area contributed by atoms with E-state index in [1.807, 2.05) is 36.4 Å². The fourth-order valence-electron chi connectivity index (χ4n) is 2.35. The molecule has 2 aromatic carbocycles. The Morgan fingerprint density at radius 3 is 2.20 bits per heavy atom. The molecule has 2 rings (SSSR count). The maximum absolute atomic E-state index is 10.1. The van der Waals surface area contributed by atoms with Crippen molar-refractivity contribution in [1.29, 1.82) is 0 Å². The van der Waals surface area contributed by atoms with Crippen LogP contribution in [-0.4, -0.2) is 17.7 Å². The Labute approximate surface area is 121 Å². The Morgan fingerprint density at radius 1 is 0.950 bits per heavy atom. The van der Waals surface area contributed by atoms with Gasteiger partial charge in [-0.1, -0.05) is 60.7 Å². The Hall–Kier alpha value is -1.64. The molecule has 2 atom stereocenters. The molecule has 0 heterocycles. The minimum absolute atomic E-state index is 0.382. The summed E-state index contributed by atoms with van der Waals surface area (Å²) < 4.78 is 0. The van der Waals surface area contributed by atoms with Crippen molar-refractivity contribution in [2.24, 2.45) is 0 Å². The SMILES string of the molecule is CC(Cc1ccccc1)NCCC(O)c1ccccc1. The van der Waals surface area contributed by atoms with Crippen molar-refractivity contribution in [1.82, 2.24) is 5.32 Å². The molecule has 2 heteroatoms. The lowest BCUT2D eigenvalue weighted by Crippen LogP contribution is -2.29. The number of hydrogen-bond acceptors (Lipinski definition) is 2.